The van der Waals surface area contributed by atoms with Crippen LogP contribution in [0.5, 0.6) is 0 Å². The van der Waals surface area contributed by atoms with Crippen LogP contribution in [0.15, 0.2) is 0 Å². The number of carbonyl (C=O) groups is 1. The summed E-state index contributed by atoms with van der Waals surface area (Å²) in [4.78, 5) is 16.9. The number of nitrogens with zero attached hydrogens (tertiary/aromatic N) is 2. The highest BCUT2D eigenvalue weighted by molar-refractivity contribution is 5.85. The molecule has 0 aromatic carbocycles. The second kappa shape index (κ2) is 8.20. The Hall–Kier alpha value is -0.320. The molecule has 20 heavy (non-hydrogen) atoms. The zero-order chi connectivity index (χ0) is 13.8. The molecule has 1 unspecified atom stereocenters. The maximum atomic E-state index is 12.3. The van der Waals surface area contributed by atoms with Gasteiger partial charge in [-0.05, 0) is 51.1 Å². The SMILES string of the molecule is CC(C)[C@H](N)C(=O)N1CCCC(N2CCCC2)CC1.Cl. The molecule has 0 aromatic heterocycles. The van der Waals surface area contributed by atoms with Crippen LogP contribution in [-0.2, 0) is 4.79 Å². The van der Waals surface area contributed by atoms with E-state index >= 15 is 0 Å². The van der Waals surface area contributed by atoms with Crippen LogP contribution in [0.1, 0.15) is 46.0 Å². The van der Waals surface area contributed by atoms with Crippen molar-refractivity contribution in [3.63, 3.8) is 0 Å². The predicted octanol–water partition coefficient (Wildman–Crippen LogP) is 1.87. The Bertz CT molecular complexity index is 305. The van der Waals surface area contributed by atoms with Gasteiger partial charge in [0.2, 0.25) is 5.91 Å². The van der Waals surface area contributed by atoms with Crippen molar-refractivity contribution in [2.45, 2.75) is 58.0 Å². The van der Waals surface area contributed by atoms with E-state index in [2.05, 4.69) is 4.90 Å². The number of halogens is 1. The third-order valence-corrected chi connectivity index (χ3v) is 4.67. The molecular weight excluding hydrogens is 274 g/mol. The molecule has 0 aromatic rings. The fourth-order valence-electron chi connectivity index (χ4n) is 3.27. The second-order valence-corrected chi connectivity index (χ2v) is 6.42. The molecule has 1 amide bonds. The van der Waals surface area contributed by atoms with Gasteiger partial charge in [0.15, 0.2) is 0 Å². The van der Waals surface area contributed by atoms with E-state index in [1.165, 1.54) is 32.4 Å². The van der Waals surface area contributed by atoms with Gasteiger partial charge in [0, 0.05) is 19.1 Å². The maximum absolute atomic E-state index is 12.3. The van der Waals surface area contributed by atoms with Gasteiger partial charge in [0.05, 0.1) is 6.04 Å². The molecule has 4 nitrogen and oxygen atoms in total. The summed E-state index contributed by atoms with van der Waals surface area (Å²) in [6, 6.07) is 0.360. The van der Waals surface area contributed by atoms with Gasteiger partial charge in [-0.25, -0.2) is 0 Å². The van der Waals surface area contributed by atoms with Gasteiger partial charge in [-0.3, -0.25) is 4.79 Å². The number of rotatable bonds is 3. The molecule has 2 rings (SSSR count). The number of hydrogen-bond donors (Lipinski definition) is 1. The summed E-state index contributed by atoms with van der Waals surface area (Å²) in [5.74, 6) is 0.377. The van der Waals surface area contributed by atoms with Gasteiger partial charge in [0.1, 0.15) is 0 Å². The zero-order valence-corrected chi connectivity index (χ0v) is 13.7. The lowest BCUT2D eigenvalue weighted by Crippen LogP contribution is -2.47. The average Bonchev–Trinajstić information content (AvgIpc) is 2.81. The van der Waals surface area contributed by atoms with Crippen LogP contribution in [0.2, 0.25) is 0 Å². The quantitative estimate of drug-likeness (QED) is 0.866. The zero-order valence-electron chi connectivity index (χ0n) is 12.9. The number of hydrogen-bond acceptors (Lipinski definition) is 3. The fraction of sp³-hybridized carbons (Fsp3) is 0.933. The minimum atomic E-state index is -0.330. The van der Waals surface area contributed by atoms with Crippen LogP contribution < -0.4 is 5.73 Å². The Morgan fingerprint density at radius 3 is 2.30 bits per heavy atom. The molecule has 2 aliphatic rings. The first-order chi connectivity index (χ1) is 9.09. The summed E-state index contributed by atoms with van der Waals surface area (Å²) in [5, 5.41) is 0. The highest BCUT2D eigenvalue weighted by atomic mass is 35.5. The molecule has 2 N–H and O–H groups in total. The maximum Gasteiger partial charge on any atom is 0.239 e. The van der Waals surface area contributed by atoms with Crippen molar-refractivity contribution in [3.8, 4) is 0 Å². The number of likely N-dealkylation sites (tertiary alicyclic amines) is 2. The van der Waals surface area contributed by atoms with E-state index in [0.717, 1.165) is 25.9 Å². The minimum Gasteiger partial charge on any atom is -0.341 e. The highest BCUT2D eigenvalue weighted by Gasteiger charge is 2.28. The Labute approximate surface area is 129 Å². The summed E-state index contributed by atoms with van der Waals surface area (Å²) in [6.07, 6.45) is 6.17. The first-order valence-corrected chi connectivity index (χ1v) is 7.88. The Kier molecular flexibility index (Phi) is 7.27. The molecule has 2 fully saturated rings. The van der Waals surface area contributed by atoms with Gasteiger partial charge in [-0.15, -0.1) is 12.4 Å². The predicted molar refractivity (Wildman–Crippen MR) is 85.1 cm³/mol. The molecule has 2 heterocycles. The number of carbonyl (C=O) groups excluding carboxylic acids is 1. The van der Waals surface area contributed by atoms with Crippen molar-refractivity contribution in [1.82, 2.24) is 9.80 Å². The number of amides is 1. The van der Waals surface area contributed by atoms with Gasteiger partial charge in [-0.1, -0.05) is 13.8 Å². The summed E-state index contributed by atoms with van der Waals surface area (Å²) < 4.78 is 0. The normalized spacial score (nSPS) is 26.2. The topological polar surface area (TPSA) is 49.6 Å². The van der Waals surface area contributed by atoms with Gasteiger partial charge in [-0.2, -0.15) is 0 Å². The van der Waals surface area contributed by atoms with E-state index in [4.69, 9.17) is 5.73 Å². The molecule has 118 valence electrons. The molecule has 2 aliphatic heterocycles. The number of nitrogens with two attached hydrogens (primary N) is 1. The molecule has 0 aliphatic carbocycles. The molecule has 0 saturated carbocycles. The van der Waals surface area contributed by atoms with Crippen molar-refractivity contribution >= 4 is 18.3 Å². The van der Waals surface area contributed by atoms with Crippen molar-refractivity contribution in [2.75, 3.05) is 26.2 Å². The van der Waals surface area contributed by atoms with Gasteiger partial charge >= 0.3 is 0 Å². The monoisotopic (exact) mass is 303 g/mol. The first-order valence-electron chi connectivity index (χ1n) is 7.88. The summed E-state index contributed by atoms with van der Waals surface area (Å²) >= 11 is 0. The van der Waals surface area contributed by atoms with Crippen molar-refractivity contribution in [2.24, 2.45) is 11.7 Å². The molecule has 2 atom stereocenters. The lowest BCUT2D eigenvalue weighted by atomic mass is 10.0. The molecule has 0 bridgehead atoms. The smallest absolute Gasteiger partial charge is 0.239 e. The summed E-state index contributed by atoms with van der Waals surface area (Å²) in [6.45, 7) is 8.33. The average molecular weight is 304 g/mol. The Balaban J connectivity index is 0.00000200. The largest absolute Gasteiger partial charge is 0.341 e. The summed E-state index contributed by atoms with van der Waals surface area (Å²) in [7, 11) is 0. The van der Waals surface area contributed by atoms with Crippen molar-refractivity contribution < 1.29 is 4.79 Å². The van der Waals surface area contributed by atoms with Crippen molar-refractivity contribution in [1.29, 1.82) is 0 Å². The van der Waals surface area contributed by atoms with Crippen LogP contribution in [0, 0.1) is 5.92 Å². The van der Waals surface area contributed by atoms with Crippen LogP contribution in [0.4, 0.5) is 0 Å². The van der Waals surface area contributed by atoms with Crippen LogP contribution in [0.25, 0.3) is 0 Å². The molecule has 0 radical (unpaired) electrons. The fourth-order valence-corrected chi connectivity index (χ4v) is 3.27. The molecule has 5 heteroatoms. The standard InChI is InChI=1S/C15H29N3O.ClH/c1-12(2)14(16)15(19)18-10-5-6-13(7-11-18)17-8-3-4-9-17;/h12-14H,3-11,16H2,1-2H3;1H/t13?,14-;/m0./s1. The van der Waals surface area contributed by atoms with E-state index in [-0.39, 0.29) is 30.3 Å². The molecule has 0 spiro atoms. The van der Waals surface area contributed by atoms with E-state index in [9.17, 15) is 4.79 Å². The van der Waals surface area contributed by atoms with E-state index in [1.54, 1.807) is 0 Å². The first kappa shape index (κ1) is 17.7. The van der Waals surface area contributed by atoms with Crippen molar-refractivity contribution in [3.05, 3.63) is 0 Å². The molecular formula is C15H30ClN3O. The van der Waals surface area contributed by atoms with Crippen LogP contribution >= 0.6 is 12.4 Å². The van der Waals surface area contributed by atoms with Crippen LogP contribution in [-0.4, -0.2) is 54.0 Å². The Morgan fingerprint density at radius 2 is 1.70 bits per heavy atom. The third-order valence-electron chi connectivity index (χ3n) is 4.67. The van der Waals surface area contributed by atoms with Crippen LogP contribution in [0.3, 0.4) is 0 Å². The minimum absolute atomic E-state index is 0. The van der Waals surface area contributed by atoms with E-state index < -0.39 is 0 Å². The summed E-state index contributed by atoms with van der Waals surface area (Å²) in [5.41, 5.74) is 6.00. The highest BCUT2D eigenvalue weighted by Crippen LogP contribution is 2.21. The van der Waals surface area contributed by atoms with E-state index in [1.807, 2.05) is 18.7 Å². The van der Waals surface area contributed by atoms with Gasteiger partial charge in [0.25, 0.3) is 0 Å². The third kappa shape index (κ3) is 4.34. The lowest BCUT2D eigenvalue weighted by Gasteiger charge is -2.28. The molecule has 2 saturated heterocycles. The van der Waals surface area contributed by atoms with Gasteiger partial charge < -0.3 is 15.5 Å². The second-order valence-electron chi connectivity index (χ2n) is 6.42. The Morgan fingerprint density at radius 1 is 1.05 bits per heavy atom. The van der Waals surface area contributed by atoms with E-state index in [0.29, 0.717) is 6.04 Å². The lowest BCUT2D eigenvalue weighted by molar-refractivity contribution is -0.133.